The molecule has 142 valence electrons. The lowest BCUT2D eigenvalue weighted by atomic mass is 10.2. The maximum atomic E-state index is 13.4. The molecule has 0 bridgehead atoms. The van der Waals surface area contributed by atoms with Crippen molar-refractivity contribution in [2.45, 2.75) is 19.0 Å². The van der Waals surface area contributed by atoms with Crippen LogP contribution >= 0.6 is 0 Å². The van der Waals surface area contributed by atoms with Crippen molar-refractivity contribution in [2.75, 3.05) is 13.1 Å². The molecule has 0 radical (unpaired) electrons. The smallest absolute Gasteiger partial charge is 0.335 e. The number of nitrogens with zero attached hydrogens (tertiary/aromatic N) is 6. The number of fused-ring (bicyclic) bond motifs is 1. The molecule has 1 unspecified atom stereocenters. The summed E-state index contributed by atoms with van der Waals surface area (Å²) in [6.45, 7) is 2.55. The Bertz CT molecular complexity index is 1170. The van der Waals surface area contributed by atoms with Gasteiger partial charge in [0, 0.05) is 38.7 Å². The van der Waals surface area contributed by atoms with Crippen LogP contribution < -0.4 is 5.69 Å². The minimum Gasteiger partial charge on any atom is -0.337 e. The second kappa shape index (κ2) is 6.76. The van der Waals surface area contributed by atoms with E-state index in [4.69, 9.17) is 0 Å². The van der Waals surface area contributed by atoms with E-state index >= 15 is 0 Å². The summed E-state index contributed by atoms with van der Waals surface area (Å²) in [5, 5.41) is 0. The van der Waals surface area contributed by atoms with Crippen LogP contribution in [0.1, 0.15) is 18.3 Å². The number of likely N-dealkylation sites (tertiary alicyclic amines) is 1. The first-order valence-electron chi connectivity index (χ1n) is 9.54. The lowest BCUT2D eigenvalue weighted by Gasteiger charge is -2.16. The van der Waals surface area contributed by atoms with Crippen molar-refractivity contribution in [3.63, 3.8) is 0 Å². The first-order valence-corrected chi connectivity index (χ1v) is 9.54. The quantitative estimate of drug-likeness (QED) is 0.550. The Hall–Kier alpha value is -3.19. The highest BCUT2D eigenvalue weighted by Crippen LogP contribution is 2.26. The third-order valence-electron chi connectivity index (χ3n) is 5.55. The molecular formula is C21H22N6O. The molecule has 0 aliphatic carbocycles. The molecule has 0 N–H and O–H groups in total. The number of aromatic nitrogens is 5. The molecular weight excluding hydrogens is 352 g/mol. The Morgan fingerprint density at radius 3 is 2.71 bits per heavy atom. The molecule has 1 fully saturated rings. The molecule has 5 rings (SSSR count). The standard InChI is InChI=1S/C21H22N6O/c1-24-13-11-22-19(24)15-25-12-9-17(14-25)27-20-18(8-5-10-23-20)26(21(27)28)16-6-3-2-4-7-16/h2-8,10-11,13,17H,9,12,14-15H2,1H3. The van der Waals surface area contributed by atoms with E-state index in [1.54, 1.807) is 10.8 Å². The molecule has 1 aliphatic heterocycles. The van der Waals surface area contributed by atoms with Gasteiger partial charge in [-0.1, -0.05) is 18.2 Å². The predicted octanol–water partition coefficient (Wildman–Crippen LogP) is 2.37. The Kier molecular flexibility index (Phi) is 4.09. The van der Waals surface area contributed by atoms with Gasteiger partial charge in [-0.15, -0.1) is 0 Å². The number of pyridine rings is 1. The van der Waals surface area contributed by atoms with Gasteiger partial charge in [0.05, 0.1) is 23.8 Å². The highest BCUT2D eigenvalue weighted by atomic mass is 16.2. The van der Waals surface area contributed by atoms with Crippen LogP contribution in [0, 0.1) is 0 Å². The summed E-state index contributed by atoms with van der Waals surface area (Å²) in [7, 11) is 2.01. The SMILES string of the molecule is Cn1ccnc1CN1CCC(n2c(=O)n(-c3ccccc3)c3cccnc32)C1. The number of imidazole rings is 2. The van der Waals surface area contributed by atoms with Crippen LogP contribution in [0.15, 0.2) is 65.8 Å². The van der Waals surface area contributed by atoms with Crippen LogP contribution in [0.25, 0.3) is 16.9 Å². The van der Waals surface area contributed by atoms with Gasteiger partial charge in [0.15, 0.2) is 5.65 Å². The van der Waals surface area contributed by atoms with E-state index < -0.39 is 0 Å². The lowest BCUT2D eigenvalue weighted by Crippen LogP contribution is -2.29. The van der Waals surface area contributed by atoms with Gasteiger partial charge in [0.25, 0.3) is 0 Å². The number of hydrogen-bond donors (Lipinski definition) is 0. The monoisotopic (exact) mass is 374 g/mol. The Morgan fingerprint density at radius 1 is 1.07 bits per heavy atom. The summed E-state index contributed by atoms with van der Waals surface area (Å²) in [6.07, 6.45) is 6.47. The van der Waals surface area contributed by atoms with Crippen molar-refractivity contribution in [2.24, 2.45) is 7.05 Å². The Balaban J connectivity index is 1.53. The molecule has 1 saturated heterocycles. The van der Waals surface area contributed by atoms with Crippen molar-refractivity contribution in [1.29, 1.82) is 0 Å². The third kappa shape index (κ3) is 2.75. The van der Waals surface area contributed by atoms with Crippen molar-refractivity contribution in [3.8, 4) is 5.69 Å². The molecule has 4 aromatic rings. The summed E-state index contributed by atoms with van der Waals surface area (Å²) in [5.74, 6) is 1.04. The van der Waals surface area contributed by atoms with E-state index in [1.807, 2.05) is 71.0 Å². The molecule has 4 heterocycles. The van der Waals surface area contributed by atoms with E-state index in [2.05, 4.69) is 14.9 Å². The number of hydrogen-bond acceptors (Lipinski definition) is 4. The van der Waals surface area contributed by atoms with E-state index in [1.165, 1.54) is 0 Å². The first kappa shape index (κ1) is 16.9. The van der Waals surface area contributed by atoms with Crippen LogP contribution in [0.3, 0.4) is 0 Å². The van der Waals surface area contributed by atoms with Gasteiger partial charge in [-0.2, -0.15) is 0 Å². The van der Waals surface area contributed by atoms with Crippen LogP contribution in [-0.2, 0) is 13.6 Å². The number of para-hydroxylation sites is 1. The molecule has 0 amide bonds. The predicted molar refractivity (Wildman–Crippen MR) is 107 cm³/mol. The topological polar surface area (TPSA) is 60.9 Å². The molecule has 28 heavy (non-hydrogen) atoms. The molecule has 1 atom stereocenters. The molecule has 7 heteroatoms. The normalized spacial score (nSPS) is 17.5. The molecule has 3 aromatic heterocycles. The summed E-state index contributed by atoms with van der Waals surface area (Å²) >= 11 is 0. The molecule has 1 aromatic carbocycles. The van der Waals surface area contributed by atoms with Crippen molar-refractivity contribution >= 4 is 11.2 Å². The highest BCUT2D eigenvalue weighted by Gasteiger charge is 2.29. The second-order valence-corrected chi connectivity index (χ2v) is 7.30. The van der Waals surface area contributed by atoms with Gasteiger partial charge < -0.3 is 4.57 Å². The van der Waals surface area contributed by atoms with E-state index in [0.717, 1.165) is 48.7 Å². The summed E-state index contributed by atoms with van der Waals surface area (Å²) in [6, 6.07) is 13.7. The second-order valence-electron chi connectivity index (χ2n) is 7.30. The number of benzene rings is 1. The van der Waals surface area contributed by atoms with Crippen LogP contribution in [-0.4, -0.2) is 41.7 Å². The van der Waals surface area contributed by atoms with Crippen molar-refractivity contribution < 1.29 is 0 Å². The maximum Gasteiger partial charge on any atom is 0.335 e. The average Bonchev–Trinajstić information content (AvgIpc) is 3.40. The summed E-state index contributed by atoms with van der Waals surface area (Å²) in [4.78, 5) is 24.7. The maximum absolute atomic E-state index is 13.4. The van der Waals surface area contributed by atoms with Crippen molar-refractivity contribution in [3.05, 3.63) is 77.4 Å². The van der Waals surface area contributed by atoms with Gasteiger partial charge in [0.1, 0.15) is 5.82 Å². The highest BCUT2D eigenvalue weighted by molar-refractivity contribution is 5.74. The molecule has 1 aliphatic rings. The third-order valence-corrected chi connectivity index (χ3v) is 5.55. The Labute approximate surface area is 162 Å². The van der Waals surface area contributed by atoms with Crippen LogP contribution in [0.5, 0.6) is 0 Å². The Morgan fingerprint density at radius 2 is 1.93 bits per heavy atom. The zero-order valence-electron chi connectivity index (χ0n) is 15.8. The number of rotatable bonds is 4. The van der Waals surface area contributed by atoms with Gasteiger partial charge in [-0.25, -0.2) is 14.8 Å². The minimum atomic E-state index is -0.0243. The first-order chi connectivity index (χ1) is 13.7. The van der Waals surface area contributed by atoms with Gasteiger partial charge in [0.2, 0.25) is 0 Å². The molecule has 7 nitrogen and oxygen atoms in total. The van der Waals surface area contributed by atoms with Crippen LogP contribution in [0.4, 0.5) is 0 Å². The van der Waals surface area contributed by atoms with Gasteiger partial charge >= 0.3 is 5.69 Å². The fourth-order valence-corrected chi connectivity index (χ4v) is 4.12. The van der Waals surface area contributed by atoms with Crippen LogP contribution in [0.2, 0.25) is 0 Å². The molecule has 0 spiro atoms. The molecule has 0 saturated carbocycles. The largest absolute Gasteiger partial charge is 0.337 e. The average molecular weight is 374 g/mol. The zero-order chi connectivity index (χ0) is 19.1. The zero-order valence-corrected chi connectivity index (χ0v) is 15.8. The number of aryl methyl sites for hydroxylation is 1. The van der Waals surface area contributed by atoms with Gasteiger partial charge in [-0.05, 0) is 30.7 Å². The van der Waals surface area contributed by atoms with E-state index in [-0.39, 0.29) is 11.7 Å². The van der Waals surface area contributed by atoms with Gasteiger partial charge in [-0.3, -0.25) is 14.0 Å². The van der Waals surface area contributed by atoms with E-state index in [0.29, 0.717) is 0 Å². The summed E-state index contributed by atoms with van der Waals surface area (Å²) in [5.41, 5.74) is 2.44. The van der Waals surface area contributed by atoms with E-state index in [9.17, 15) is 4.79 Å². The minimum absolute atomic E-state index is 0.0243. The summed E-state index contributed by atoms with van der Waals surface area (Å²) < 4.78 is 5.69. The lowest BCUT2D eigenvalue weighted by molar-refractivity contribution is 0.304. The fraction of sp³-hybridized carbons (Fsp3) is 0.286. The fourth-order valence-electron chi connectivity index (χ4n) is 4.12. The van der Waals surface area contributed by atoms with Crippen molar-refractivity contribution in [1.82, 2.24) is 28.6 Å².